The quantitative estimate of drug-likeness (QED) is 0.718. The molecule has 0 aromatic carbocycles. The van der Waals surface area contributed by atoms with Gasteiger partial charge in [-0.25, -0.2) is 0 Å². The van der Waals surface area contributed by atoms with Crippen LogP contribution in [0.5, 0.6) is 0 Å². The Kier molecular flexibility index (Phi) is 4.36. The first-order chi connectivity index (χ1) is 8.27. The average Bonchev–Trinajstić information content (AvgIpc) is 3.02. The van der Waals surface area contributed by atoms with Crippen molar-refractivity contribution in [2.45, 2.75) is 38.1 Å². The molecular weight excluding hydrogens is 218 g/mol. The molecule has 2 saturated heterocycles. The molecule has 2 rings (SSSR count). The number of carbonyl (C=O) groups excluding carboxylic acids is 2. The van der Waals surface area contributed by atoms with Crippen LogP contribution in [-0.4, -0.2) is 48.9 Å². The Hall–Kier alpha value is -1.10. The molecule has 1 atom stereocenters. The molecule has 0 aromatic rings. The van der Waals surface area contributed by atoms with E-state index in [0.717, 1.165) is 45.3 Å². The van der Waals surface area contributed by atoms with Gasteiger partial charge in [-0.1, -0.05) is 0 Å². The molecule has 0 saturated carbocycles. The summed E-state index contributed by atoms with van der Waals surface area (Å²) in [5, 5.41) is 5.97. The molecule has 2 aliphatic heterocycles. The van der Waals surface area contributed by atoms with E-state index in [0.29, 0.717) is 13.0 Å². The molecule has 2 aliphatic rings. The molecule has 0 aromatic heterocycles. The first kappa shape index (κ1) is 12.4. The Morgan fingerprint density at radius 1 is 1.24 bits per heavy atom. The summed E-state index contributed by atoms with van der Waals surface area (Å²) in [5.74, 6) is 0.207. The minimum Gasteiger partial charge on any atom is -0.354 e. The predicted molar refractivity (Wildman–Crippen MR) is 64.5 cm³/mol. The zero-order valence-electron chi connectivity index (χ0n) is 10.2. The van der Waals surface area contributed by atoms with Gasteiger partial charge in [-0.05, 0) is 32.2 Å². The highest BCUT2D eigenvalue weighted by Gasteiger charge is 2.22. The van der Waals surface area contributed by atoms with E-state index in [1.165, 1.54) is 0 Å². The maximum Gasteiger partial charge on any atom is 0.237 e. The van der Waals surface area contributed by atoms with E-state index in [1.54, 1.807) is 0 Å². The Bertz CT molecular complexity index is 253. The van der Waals surface area contributed by atoms with Gasteiger partial charge >= 0.3 is 0 Å². The van der Waals surface area contributed by atoms with Gasteiger partial charge in [0.2, 0.25) is 11.8 Å². The lowest BCUT2D eigenvalue weighted by Gasteiger charge is -2.16. The number of hydrogen-bond acceptors (Lipinski definition) is 3. The Balaban J connectivity index is 1.61. The molecule has 96 valence electrons. The Morgan fingerprint density at radius 3 is 2.65 bits per heavy atom. The Labute approximate surface area is 102 Å². The molecule has 0 bridgehead atoms. The average molecular weight is 239 g/mol. The van der Waals surface area contributed by atoms with Gasteiger partial charge in [0, 0.05) is 26.1 Å². The maximum atomic E-state index is 11.7. The first-order valence-electron chi connectivity index (χ1n) is 6.56. The fourth-order valence-corrected chi connectivity index (χ4v) is 2.45. The molecule has 0 spiro atoms. The van der Waals surface area contributed by atoms with Crippen molar-refractivity contribution in [2.75, 3.05) is 26.2 Å². The minimum atomic E-state index is -0.0445. The smallest absolute Gasteiger partial charge is 0.237 e. The molecule has 2 heterocycles. The third-order valence-electron chi connectivity index (χ3n) is 3.47. The Morgan fingerprint density at radius 2 is 2.00 bits per heavy atom. The molecule has 0 aliphatic carbocycles. The van der Waals surface area contributed by atoms with E-state index in [4.69, 9.17) is 0 Å². The molecule has 5 nitrogen and oxygen atoms in total. The summed E-state index contributed by atoms with van der Waals surface area (Å²) >= 11 is 0. The van der Waals surface area contributed by atoms with Crippen LogP contribution >= 0.6 is 0 Å². The van der Waals surface area contributed by atoms with Crippen molar-refractivity contribution in [3.63, 3.8) is 0 Å². The lowest BCUT2D eigenvalue weighted by atomic mass is 10.2. The molecular formula is C12H21N3O2. The molecule has 2 amide bonds. The van der Waals surface area contributed by atoms with Crippen LogP contribution in [0, 0.1) is 0 Å². The second-order valence-corrected chi connectivity index (χ2v) is 4.78. The summed E-state index contributed by atoms with van der Waals surface area (Å²) in [4.78, 5) is 25.2. The van der Waals surface area contributed by atoms with Crippen LogP contribution in [0.1, 0.15) is 32.1 Å². The first-order valence-corrected chi connectivity index (χ1v) is 6.56. The van der Waals surface area contributed by atoms with Gasteiger partial charge < -0.3 is 15.5 Å². The molecule has 0 unspecified atom stereocenters. The highest BCUT2D eigenvalue weighted by Crippen LogP contribution is 2.08. The minimum absolute atomic E-state index is 0.0386. The molecule has 2 fully saturated rings. The van der Waals surface area contributed by atoms with Crippen LogP contribution in [0.3, 0.4) is 0 Å². The molecule has 17 heavy (non-hydrogen) atoms. The summed E-state index contributed by atoms with van der Waals surface area (Å²) in [6.07, 6.45) is 4.63. The van der Waals surface area contributed by atoms with E-state index in [-0.39, 0.29) is 17.9 Å². The second kappa shape index (κ2) is 6.00. The zero-order valence-corrected chi connectivity index (χ0v) is 10.2. The van der Waals surface area contributed by atoms with Gasteiger partial charge in [0.25, 0.3) is 0 Å². The van der Waals surface area contributed by atoms with Crippen molar-refractivity contribution >= 4 is 11.8 Å². The van der Waals surface area contributed by atoms with E-state index in [1.807, 2.05) is 4.90 Å². The van der Waals surface area contributed by atoms with Crippen molar-refractivity contribution in [1.82, 2.24) is 15.5 Å². The van der Waals surface area contributed by atoms with E-state index >= 15 is 0 Å². The largest absolute Gasteiger partial charge is 0.354 e. The van der Waals surface area contributed by atoms with E-state index < -0.39 is 0 Å². The van der Waals surface area contributed by atoms with Crippen LogP contribution in [0.2, 0.25) is 0 Å². The SMILES string of the molecule is O=C(NCCC(=O)N1CCCC1)[C@H]1CCCN1. The molecule has 2 N–H and O–H groups in total. The van der Waals surface area contributed by atoms with Crippen LogP contribution in [0.4, 0.5) is 0 Å². The topological polar surface area (TPSA) is 61.4 Å². The summed E-state index contributed by atoms with van der Waals surface area (Å²) in [6.45, 7) is 3.16. The predicted octanol–water partition coefficient (Wildman–Crippen LogP) is -0.133. The fourth-order valence-electron chi connectivity index (χ4n) is 2.45. The van der Waals surface area contributed by atoms with Crippen molar-refractivity contribution in [3.05, 3.63) is 0 Å². The van der Waals surface area contributed by atoms with Crippen molar-refractivity contribution in [1.29, 1.82) is 0 Å². The highest BCUT2D eigenvalue weighted by molar-refractivity contribution is 5.83. The van der Waals surface area contributed by atoms with Gasteiger partial charge in [-0.3, -0.25) is 9.59 Å². The molecule has 0 radical (unpaired) electrons. The van der Waals surface area contributed by atoms with Gasteiger partial charge in [0.15, 0.2) is 0 Å². The number of likely N-dealkylation sites (tertiary alicyclic amines) is 1. The number of carbonyl (C=O) groups is 2. The fraction of sp³-hybridized carbons (Fsp3) is 0.833. The normalized spacial score (nSPS) is 24.0. The van der Waals surface area contributed by atoms with Gasteiger partial charge in [0.05, 0.1) is 6.04 Å². The summed E-state index contributed by atoms with van der Waals surface area (Å²) in [6, 6.07) is -0.0445. The monoisotopic (exact) mass is 239 g/mol. The van der Waals surface area contributed by atoms with Crippen molar-refractivity contribution in [2.24, 2.45) is 0 Å². The molecule has 5 heteroatoms. The summed E-state index contributed by atoms with van der Waals surface area (Å²) < 4.78 is 0. The summed E-state index contributed by atoms with van der Waals surface area (Å²) in [5.41, 5.74) is 0. The second-order valence-electron chi connectivity index (χ2n) is 4.78. The number of hydrogen-bond donors (Lipinski definition) is 2. The van der Waals surface area contributed by atoms with Crippen molar-refractivity contribution in [3.8, 4) is 0 Å². The van der Waals surface area contributed by atoms with Gasteiger partial charge in [-0.15, -0.1) is 0 Å². The lowest BCUT2D eigenvalue weighted by Crippen LogP contribution is -2.41. The van der Waals surface area contributed by atoms with Gasteiger partial charge in [-0.2, -0.15) is 0 Å². The number of rotatable bonds is 4. The number of amides is 2. The standard InChI is InChI=1S/C12H21N3O2/c16-11(15-8-1-2-9-15)5-7-14-12(17)10-4-3-6-13-10/h10,13H,1-9H2,(H,14,17)/t10-/m1/s1. The lowest BCUT2D eigenvalue weighted by molar-refractivity contribution is -0.130. The van der Waals surface area contributed by atoms with Crippen LogP contribution < -0.4 is 10.6 Å². The van der Waals surface area contributed by atoms with E-state index in [2.05, 4.69) is 10.6 Å². The van der Waals surface area contributed by atoms with Crippen LogP contribution in [0.25, 0.3) is 0 Å². The third kappa shape index (κ3) is 3.43. The van der Waals surface area contributed by atoms with Gasteiger partial charge in [0.1, 0.15) is 0 Å². The van der Waals surface area contributed by atoms with Crippen LogP contribution in [-0.2, 0) is 9.59 Å². The maximum absolute atomic E-state index is 11.7. The zero-order chi connectivity index (χ0) is 12.1. The highest BCUT2D eigenvalue weighted by atomic mass is 16.2. The van der Waals surface area contributed by atoms with E-state index in [9.17, 15) is 9.59 Å². The summed E-state index contributed by atoms with van der Waals surface area (Å²) in [7, 11) is 0. The van der Waals surface area contributed by atoms with Crippen LogP contribution in [0.15, 0.2) is 0 Å². The number of nitrogens with one attached hydrogen (secondary N) is 2. The number of nitrogens with zero attached hydrogens (tertiary/aromatic N) is 1. The third-order valence-corrected chi connectivity index (χ3v) is 3.47. The van der Waals surface area contributed by atoms with Crippen molar-refractivity contribution < 1.29 is 9.59 Å².